The van der Waals surface area contributed by atoms with Crippen molar-refractivity contribution >= 4 is 43.1 Å². The Labute approximate surface area is 312 Å². The SMILES string of the molecule is C[C@@H]1[C@@H](C)C/C=C\[C@@](O)(C#CCN2CCS(=O)(=O)CC2)[C@@H]2CC[C@H]2CN2C[C@@]3(CCCc4cc(Cl)ccc43)COc3ccc(cc32)C(=O)NS1(=O)=O. The lowest BCUT2D eigenvalue weighted by atomic mass is 9.64. The number of aryl methyl sites for hydroxylation is 1. The van der Waals surface area contributed by atoms with E-state index in [1.165, 1.54) is 11.1 Å². The molecule has 1 spiro atoms. The number of amides is 1. The third kappa shape index (κ3) is 7.49. The molecule has 5 aliphatic rings. The van der Waals surface area contributed by atoms with Crippen LogP contribution in [0, 0.1) is 29.6 Å². The number of carbonyl (C=O) groups excluding carboxylic acids is 1. The van der Waals surface area contributed by atoms with Gasteiger partial charge in [-0.1, -0.05) is 42.5 Å². The monoisotopic (exact) mass is 769 g/mol. The number of hydrogen-bond donors (Lipinski definition) is 2. The molecule has 280 valence electrons. The predicted molar refractivity (Wildman–Crippen MR) is 203 cm³/mol. The molecule has 2 fully saturated rings. The summed E-state index contributed by atoms with van der Waals surface area (Å²) in [6.07, 6.45) is 8.35. The van der Waals surface area contributed by atoms with Gasteiger partial charge in [0.15, 0.2) is 9.84 Å². The van der Waals surface area contributed by atoms with Crippen LogP contribution in [0.25, 0.3) is 0 Å². The van der Waals surface area contributed by atoms with Gasteiger partial charge in [0, 0.05) is 48.1 Å². The Morgan fingerprint density at radius 2 is 1.87 bits per heavy atom. The third-order valence-corrected chi connectivity index (χ3v) is 15.9. The maximum atomic E-state index is 13.5. The first-order valence-corrected chi connectivity index (χ1v) is 22.1. The van der Waals surface area contributed by atoms with Crippen molar-refractivity contribution in [3.8, 4) is 17.6 Å². The first-order chi connectivity index (χ1) is 24.7. The number of aliphatic hydroxyl groups is 1. The highest BCUT2D eigenvalue weighted by Gasteiger charge is 2.48. The van der Waals surface area contributed by atoms with Crippen LogP contribution in [0.2, 0.25) is 5.02 Å². The summed E-state index contributed by atoms with van der Waals surface area (Å²) in [6.45, 7) is 6.18. The molecule has 2 bridgehead atoms. The van der Waals surface area contributed by atoms with Crippen LogP contribution in [0.4, 0.5) is 5.69 Å². The number of nitrogens with zero attached hydrogens (tertiary/aromatic N) is 2. The number of halogens is 1. The van der Waals surface area contributed by atoms with E-state index in [-0.39, 0.29) is 40.2 Å². The highest BCUT2D eigenvalue weighted by molar-refractivity contribution is 7.91. The molecule has 3 aliphatic heterocycles. The number of sulfone groups is 1. The molecular formula is C39H48ClN3O7S2. The van der Waals surface area contributed by atoms with Gasteiger partial charge in [0.1, 0.15) is 11.4 Å². The van der Waals surface area contributed by atoms with Crippen molar-refractivity contribution in [3.05, 3.63) is 70.3 Å². The zero-order valence-electron chi connectivity index (χ0n) is 29.8. The Morgan fingerprint density at radius 3 is 2.62 bits per heavy atom. The number of benzene rings is 2. The summed E-state index contributed by atoms with van der Waals surface area (Å²) in [5, 5.41) is 12.2. The van der Waals surface area contributed by atoms with Crippen molar-refractivity contribution in [2.45, 2.75) is 68.6 Å². The fraction of sp³-hybridized carbons (Fsp3) is 0.564. The van der Waals surface area contributed by atoms with Crippen molar-refractivity contribution in [2.75, 3.05) is 55.7 Å². The average molecular weight is 770 g/mol. The number of anilines is 1. The Balaban J connectivity index is 1.27. The van der Waals surface area contributed by atoms with E-state index in [2.05, 4.69) is 27.5 Å². The van der Waals surface area contributed by atoms with Gasteiger partial charge in [0.25, 0.3) is 5.91 Å². The lowest BCUT2D eigenvalue weighted by molar-refractivity contribution is -0.00329. The van der Waals surface area contributed by atoms with Crippen molar-refractivity contribution in [1.29, 1.82) is 0 Å². The zero-order chi connectivity index (χ0) is 36.9. The molecule has 10 nitrogen and oxygen atoms in total. The quantitative estimate of drug-likeness (QED) is 0.321. The molecule has 2 aromatic carbocycles. The predicted octanol–water partition coefficient (Wildman–Crippen LogP) is 4.35. The summed E-state index contributed by atoms with van der Waals surface area (Å²) >= 11 is 6.44. The molecule has 3 heterocycles. The summed E-state index contributed by atoms with van der Waals surface area (Å²) in [4.78, 5) is 17.8. The second-order valence-corrected chi connectivity index (χ2v) is 20.4. The maximum absolute atomic E-state index is 13.5. The maximum Gasteiger partial charge on any atom is 0.264 e. The van der Waals surface area contributed by atoms with Gasteiger partial charge in [0.05, 0.1) is 35.6 Å². The van der Waals surface area contributed by atoms with Crippen LogP contribution in [0.5, 0.6) is 5.75 Å². The van der Waals surface area contributed by atoms with E-state index in [4.69, 9.17) is 16.3 Å². The molecular weight excluding hydrogens is 722 g/mol. The summed E-state index contributed by atoms with van der Waals surface area (Å²) in [5.41, 5.74) is 1.53. The molecule has 2 aromatic rings. The molecule has 0 aromatic heterocycles. The molecule has 52 heavy (non-hydrogen) atoms. The Morgan fingerprint density at radius 1 is 1.08 bits per heavy atom. The minimum absolute atomic E-state index is 0.0578. The molecule has 13 heteroatoms. The minimum atomic E-state index is -4.04. The summed E-state index contributed by atoms with van der Waals surface area (Å²) in [5.74, 6) is 6.02. The molecule has 1 amide bonds. The summed E-state index contributed by atoms with van der Waals surface area (Å²) in [7, 11) is -7.06. The van der Waals surface area contributed by atoms with Gasteiger partial charge in [-0.15, -0.1) is 0 Å². The lowest BCUT2D eigenvalue weighted by Gasteiger charge is -2.47. The summed E-state index contributed by atoms with van der Waals surface area (Å²) < 4.78 is 59.8. The van der Waals surface area contributed by atoms with Gasteiger partial charge < -0.3 is 14.7 Å². The summed E-state index contributed by atoms with van der Waals surface area (Å²) in [6, 6.07) is 11.2. The number of fused-ring (bicyclic) bond motifs is 4. The lowest BCUT2D eigenvalue weighted by Crippen LogP contribution is -2.52. The number of rotatable bonds is 1. The van der Waals surface area contributed by atoms with E-state index < -0.39 is 36.6 Å². The van der Waals surface area contributed by atoms with Crippen LogP contribution in [0.1, 0.15) is 67.4 Å². The molecule has 1 saturated carbocycles. The molecule has 7 rings (SSSR count). The fourth-order valence-corrected chi connectivity index (χ4v) is 11.4. The number of ether oxygens (including phenoxy) is 1. The molecule has 0 radical (unpaired) electrons. The molecule has 2 aliphatic carbocycles. The van der Waals surface area contributed by atoms with E-state index in [9.17, 15) is 26.7 Å². The van der Waals surface area contributed by atoms with Gasteiger partial charge in [-0.05, 0) is 105 Å². The third-order valence-electron chi connectivity index (χ3n) is 12.2. The smallest absolute Gasteiger partial charge is 0.264 e. The molecule has 0 unspecified atom stereocenters. The highest BCUT2D eigenvalue weighted by atomic mass is 35.5. The van der Waals surface area contributed by atoms with Gasteiger partial charge in [-0.2, -0.15) is 0 Å². The van der Waals surface area contributed by atoms with Crippen LogP contribution in [-0.4, -0.2) is 94.4 Å². The minimum Gasteiger partial charge on any atom is -0.490 e. The first kappa shape index (κ1) is 37.2. The number of allylic oxidation sites excluding steroid dienone is 1. The van der Waals surface area contributed by atoms with E-state index >= 15 is 0 Å². The number of hydrogen-bond acceptors (Lipinski definition) is 9. The van der Waals surface area contributed by atoms with E-state index in [0.29, 0.717) is 62.2 Å². The molecule has 2 N–H and O–H groups in total. The zero-order valence-corrected chi connectivity index (χ0v) is 32.2. The topological polar surface area (TPSA) is 133 Å². The Bertz CT molecular complexity index is 2030. The van der Waals surface area contributed by atoms with E-state index in [1.807, 2.05) is 30.0 Å². The van der Waals surface area contributed by atoms with Crippen molar-refractivity contribution in [2.24, 2.45) is 17.8 Å². The Hall–Kier alpha value is -3.08. The average Bonchev–Trinajstić information content (AvgIpc) is 3.23. The second-order valence-electron chi connectivity index (χ2n) is 15.6. The van der Waals surface area contributed by atoms with Gasteiger partial charge in [-0.25, -0.2) is 21.6 Å². The van der Waals surface area contributed by atoms with Crippen molar-refractivity contribution in [3.63, 3.8) is 0 Å². The van der Waals surface area contributed by atoms with Crippen LogP contribution in [-0.2, 0) is 31.7 Å². The van der Waals surface area contributed by atoms with Crippen LogP contribution >= 0.6 is 11.6 Å². The molecule has 1 saturated heterocycles. The van der Waals surface area contributed by atoms with Crippen molar-refractivity contribution < 1.29 is 31.5 Å². The van der Waals surface area contributed by atoms with E-state index in [1.54, 1.807) is 31.2 Å². The largest absolute Gasteiger partial charge is 0.490 e. The van der Waals surface area contributed by atoms with Gasteiger partial charge in [0.2, 0.25) is 10.0 Å². The van der Waals surface area contributed by atoms with Crippen LogP contribution in [0.3, 0.4) is 0 Å². The van der Waals surface area contributed by atoms with E-state index in [0.717, 1.165) is 32.1 Å². The van der Waals surface area contributed by atoms with Crippen molar-refractivity contribution in [1.82, 2.24) is 9.62 Å². The number of carbonyl (C=O) groups is 1. The van der Waals surface area contributed by atoms with Gasteiger partial charge >= 0.3 is 0 Å². The van der Waals surface area contributed by atoms with Gasteiger partial charge in [-0.3, -0.25) is 9.69 Å². The highest BCUT2D eigenvalue weighted by Crippen LogP contribution is 2.48. The van der Waals surface area contributed by atoms with Crippen LogP contribution < -0.4 is 14.4 Å². The standard InChI is InChI=1S/C39H48ClN3O7S2/c1-27-6-3-15-39(45,16-5-17-42-18-20-51(46,47)21-19-42)34-11-8-31(34)24-43-25-38(14-4-7-29-22-32(40)10-12-33(29)38)26-50-36-13-9-30(23-35(36)43)37(44)41-52(48,49)28(27)2/h3,9-10,12-13,15,22-23,27-28,31,34,45H,4,6-8,11,14,17-21,24-26H2,1-2H3,(H,41,44)/b15-3-/t27-,28+,31-,34+,38-,39+/m0/s1. The van der Waals surface area contributed by atoms with Crippen LogP contribution in [0.15, 0.2) is 48.6 Å². The number of sulfonamides is 1. The number of nitrogens with one attached hydrogen (secondary N) is 1. The normalized spacial score (nSPS) is 33.5. The second kappa shape index (κ2) is 14.3. The first-order valence-electron chi connectivity index (χ1n) is 18.4. The fourth-order valence-electron chi connectivity index (χ4n) is 8.61. The Kier molecular flexibility index (Phi) is 10.2. The molecule has 6 atom stereocenters.